The maximum absolute atomic E-state index is 12.7. The summed E-state index contributed by atoms with van der Waals surface area (Å²) in [6.45, 7) is 9.42. The molecule has 1 heterocycles. The molecule has 2 aromatic carbocycles. The molecular formula is C22H24N4O4. The van der Waals surface area contributed by atoms with Gasteiger partial charge >= 0.3 is 0 Å². The summed E-state index contributed by atoms with van der Waals surface area (Å²) in [4.78, 5) is 23.6. The van der Waals surface area contributed by atoms with Crippen molar-refractivity contribution in [2.45, 2.75) is 40.7 Å². The SMILES string of the molecule is Cc1cc(C)c(C)c(Oc2cc(NC(=O)C(C)n3nccc3C)cc([N+](=O)[O-])c2)c1. The van der Waals surface area contributed by atoms with Gasteiger partial charge in [0.25, 0.3) is 5.69 Å². The van der Waals surface area contributed by atoms with Crippen molar-refractivity contribution in [1.82, 2.24) is 9.78 Å². The number of hydrogen-bond donors (Lipinski definition) is 1. The molecule has 0 aliphatic carbocycles. The monoisotopic (exact) mass is 408 g/mol. The third-order valence-electron chi connectivity index (χ3n) is 4.98. The number of amides is 1. The molecule has 3 rings (SSSR count). The van der Waals surface area contributed by atoms with Gasteiger partial charge < -0.3 is 10.1 Å². The van der Waals surface area contributed by atoms with Gasteiger partial charge in [-0.2, -0.15) is 5.10 Å². The quantitative estimate of drug-likeness (QED) is 0.456. The van der Waals surface area contributed by atoms with E-state index in [1.54, 1.807) is 29.9 Å². The molecule has 0 saturated carbocycles. The molecule has 0 aliphatic heterocycles. The van der Waals surface area contributed by atoms with E-state index in [0.717, 1.165) is 22.4 Å². The van der Waals surface area contributed by atoms with Crippen LogP contribution in [0.3, 0.4) is 0 Å². The zero-order valence-electron chi connectivity index (χ0n) is 17.6. The lowest BCUT2D eigenvalue weighted by Gasteiger charge is -2.16. The number of rotatable bonds is 6. The van der Waals surface area contributed by atoms with Gasteiger partial charge in [0.1, 0.15) is 17.5 Å². The number of hydrogen-bond acceptors (Lipinski definition) is 5. The van der Waals surface area contributed by atoms with Crippen molar-refractivity contribution in [1.29, 1.82) is 0 Å². The first-order chi connectivity index (χ1) is 14.2. The minimum atomic E-state index is -0.578. The van der Waals surface area contributed by atoms with Crippen molar-refractivity contribution >= 4 is 17.3 Å². The highest BCUT2D eigenvalue weighted by Crippen LogP contribution is 2.33. The van der Waals surface area contributed by atoms with Crippen LogP contribution in [-0.4, -0.2) is 20.6 Å². The second-order valence-electron chi connectivity index (χ2n) is 7.36. The van der Waals surface area contributed by atoms with E-state index in [2.05, 4.69) is 10.4 Å². The maximum Gasteiger partial charge on any atom is 0.275 e. The van der Waals surface area contributed by atoms with Gasteiger partial charge in [0.2, 0.25) is 5.91 Å². The Bertz CT molecular complexity index is 1120. The molecule has 1 aromatic heterocycles. The lowest BCUT2D eigenvalue weighted by atomic mass is 10.1. The second kappa shape index (κ2) is 8.36. The molecular weight excluding hydrogens is 384 g/mol. The molecule has 0 radical (unpaired) electrons. The number of aryl methyl sites for hydroxylation is 3. The summed E-state index contributed by atoms with van der Waals surface area (Å²) in [5.74, 6) is 0.553. The Morgan fingerprint density at radius 2 is 1.90 bits per heavy atom. The van der Waals surface area contributed by atoms with E-state index in [0.29, 0.717) is 5.75 Å². The molecule has 1 atom stereocenters. The van der Waals surface area contributed by atoms with Gasteiger partial charge in [0, 0.05) is 24.0 Å². The number of carbonyl (C=O) groups is 1. The molecule has 0 saturated heterocycles. The number of non-ortho nitro benzene ring substituents is 1. The van der Waals surface area contributed by atoms with Crippen LogP contribution in [0.5, 0.6) is 11.5 Å². The molecule has 0 bridgehead atoms. The van der Waals surface area contributed by atoms with Crippen LogP contribution in [-0.2, 0) is 4.79 Å². The standard InChI is InChI=1S/C22H24N4O4/c1-13-8-14(2)16(4)21(9-13)30-20-11-18(10-19(12-20)26(28)29)24-22(27)17(5)25-15(3)6-7-23-25/h6-12,17H,1-5H3,(H,24,27). The van der Waals surface area contributed by atoms with Crippen LogP contribution in [0.25, 0.3) is 0 Å². The zero-order chi connectivity index (χ0) is 22.0. The molecule has 8 nitrogen and oxygen atoms in total. The first kappa shape index (κ1) is 21.0. The molecule has 3 aromatic rings. The van der Waals surface area contributed by atoms with Gasteiger partial charge in [-0.3, -0.25) is 19.6 Å². The van der Waals surface area contributed by atoms with Crippen LogP contribution in [0.15, 0.2) is 42.6 Å². The largest absolute Gasteiger partial charge is 0.457 e. The number of nitro groups is 1. The van der Waals surface area contributed by atoms with Crippen molar-refractivity contribution < 1.29 is 14.5 Å². The maximum atomic E-state index is 12.7. The molecule has 30 heavy (non-hydrogen) atoms. The molecule has 0 fully saturated rings. The lowest BCUT2D eigenvalue weighted by Crippen LogP contribution is -2.25. The van der Waals surface area contributed by atoms with Gasteiger partial charge in [0.15, 0.2) is 0 Å². The molecule has 156 valence electrons. The summed E-state index contributed by atoms with van der Waals surface area (Å²) in [7, 11) is 0. The third-order valence-corrected chi connectivity index (χ3v) is 4.98. The molecule has 1 amide bonds. The average Bonchev–Trinajstić information content (AvgIpc) is 3.10. The first-order valence-corrected chi connectivity index (χ1v) is 9.52. The molecule has 1 N–H and O–H groups in total. The topological polar surface area (TPSA) is 99.3 Å². The van der Waals surface area contributed by atoms with Crippen LogP contribution in [0.4, 0.5) is 11.4 Å². The van der Waals surface area contributed by atoms with Crippen LogP contribution in [0, 0.1) is 37.8 Å². The third kappa shape index (κ3) is 4.48. The van der Waals surface area contributed by atoms with Crippen LogP contribution >= 0.6 is 0 Å². The Morgan fingerprint density at radius 3 is 2.53 bits per heavy atom. The normalized spacial score (nSPS) is 11.8. The number of nitro benzene ring substituents is 1. The van der Waals surface area contributed by atoms with Gasteiger partial charge in [-0.05, 0) is 63.4 Å². The second-order valence-corrected chi connectivity index (χ2v) is 7.36. The highest BCUT2D eigenvalue weighted by Gasteiger charge is 2.19. The van der Waals surface area contributed by atoms with Gasteiger partial charge in [0.05, 0.1) is 16.7 Å². The van der Waals surface area contributed by atoms with E-state index in [-0.39, 0.29) is 23.0 Å². The number of benzene rings is 2. The van der Waals surface area contributed by atoms with Crippen molar-refractivity contribution in [2.24, 2.45) is 0 Å². The number of anilines is 1. The number of aromatic nitrogens is 2. The van der Waals surface area contributed by atoms with Crippen LogP contribution in [0.2, 0.25) is 0 Å². The number of nitrogens with zero attached hydrogens (tertiary/aromatic N) is 3. The van der Waals surface area contributed by atoms with Gasteiger partial charge in [-0.25, -0.2) is 0 Å². The minimum absolute atomic E-state index is 0.173. The Labute approximate surface area is 174 Å². The van der Waals surface area contributed by atoms with E-state index in [1.807, 2.05) is 39.8 Å². The smallest absolute Gasteiger partial charge is 0.275 e. The Kier molecular flexibility index (Phi) is 5.86. The summed E-state index contributed by atoms with van der Waals surface area (Å²) in [6, 6.07) is 9.36. The number of carbonyl (C=O) groups excluding carboxylic acids is 1. The number of nitrogens with one attached hydrogen (secondary N) is 1. The predicted octanol–water partition coefficient (Wildman–Crippen LogP) is 5.02. The van der Waals surface area contributed by atoms with E-state index in [4.69, 9.17) is 4.74 Å². The van der Waals surface area contributed by atoms with Crippen molar-refractivity contribution in [2.75, 3.05) is 5.32 Å². The van der Waals surface area contributed by atoms with Gasteiger partial charge in [-0.15, -0.1) is 0 Å². The predicted molar refractivity (Wildman–Crippen MR) is 114 cm³/mol. The van der Waals surface area contributed by atoms with Gasteiger partial charge in [-0.1, -0.05) is 6.07 Å². The summed E-state index contributed by atoms with van der Waals surface area (Å²) >= 11 is 0. The Balaban J connectivity index is 1.91. The van der Waals surface area contributed by atoms with Crippen LogP contribution in [0.1, 0.15) is 35.3 Å². The molecule has 0 spiro atoms. The van der Waals surface area contributed by atoms with Crippen molar-refractivity contribution in [3.05, 3.63) is 75.1 Å². The van der Waals surface area contributed by atoms with Crippen molar-refractivity contribution in [3.8, 4) is 11.5 Å². The summed E-state index contributed by atoms with van der Waals surface area (Å²) in [6.07, 6.45) is 1.62. The minimum Gasteiger partial charge on any atom is -0.457 e. The fraction of sp³-hybridized carbons (Fsp3) is 0.273. The van der Waals surface area contributed by atoms with E-state index < -0.39 is 11.0 Å². The van der Waals surface area contributed by atoms with Crippen molar-refractivity contribution in [3.63, 3.8) is 0 Å². The fourth-order valence-electron chi connectivity index (χ4n) is 3.20. The average molecular weight is 408 g/mol. The summed E-state index contributed by atoms with van der Waals surface area (Å²) in [5, 5.41) is 18.3. The Hall–Kier alpha value is -3.68. The summed E-state index contributed by atoms with van der Waals surface area (Å²) < 4.78 is 7.55. The fourth-order valence-corrected chi connectivity index (χ4v) is 3.20. The lowest BCUT2D eigenvalue weighted by molar-refractivity contribution is -0.384. The Morgan fingerprint density at radius 1 is 1.17 bits per heavy atom. The molecule has 8 heteroatoms. The highest BCUT2D eigenvalue weighted by atomic mass is 16.6. The molecule has 0 aliphatic rings. The zero-order valence-corrected chi connectivity index (χ0v) is 17.6. The number of ether oxygens (including phenoxy) is 1. The first-order valence-electron chi connectivity index (χ1n) is 9.52. The van der Waals surface area contributed by atoms with E-state index in [9.17, 15) is 14.9 Å². The molecule has 1 unspecified atom stereocenters. The van der Waals surface area contributed by atoms with E-state index >= 15 is 0 Å². The van der Waals surface area contributed by atoms with E-state index in [1.165, 1.54) is 12.1 Å². The summed E-state index contributed by atoms with van der Waals surface area (Å²) in [5.41, 5.74) is 3.98. The highest BCUT2D eigenvalue weighted by molar-refractivity contribution is 5.94. The van der Waals surface area contributed by atoms with Crippen LogP contribution < -0.4 is 10.1 Å².